The fourth-order valence-electron chi connectivity index (χ4n) is 11.6. The molecule has 1 aromatic heterocycles. The highest BCUT2D eigenvalue weighted by molar-refractivity contribution is 6.24. The molecule has 0 aliphatic carbocycles. The predicted molar refractivity (Wildman–Crippen MR) is 279 cm³/mol. The van der Waals surface area contributed by atoms with Crippen LogP contribution in [-0.4, -0.2) is 4.98 Å². The van der Waals surface area contributed by atoms with E-state index < -0.39 is 0 Å². The smallest absolute Gasteiger partial charge is 0.0792 e. The van der Waals surface area contributed by atoms with Crippen molar-refractivity contribution in [3.8, 4) is 22.4 Å². The van der Waals surface area contributed by atoms with Crippen LogP contribution in [-0.2, 0) is 10.8 Å². The summed E-state index contributed by atoms with van der Waals surface area (Å²) in [6, 6.07) is 76.6. The Morgan fingerprint density at radius 2 is 0.773 bits per heavy atom. The van der Waals surface area contributed by atoms with Gasteiger partial charge in [0.15, 0.2) is 0 Å². The molecule has 2 aliphatic rings. The van der Waals surface area contributed by atoms with Gasteiger partial charge >= 0.3 is 0 Å². The third kappa shape index (κ3) is 5.53. The molecule has 0 radical (unpaired) electrons. The predicted octanol–water partition coefficient (Wildman–Crippen LogP) is 17.2. The fourth-order valence-corrected chi connectivity index (χ4v) is 11.6. The van der Waals surface area contributed by atoms with Crippen molar-refractivity contribution in [2.24, 2.45) is 0 Å². The van der Waals surface area contributed by atoms with E-state index in [1.807, 2.05) is 6.20 Å². The maximum atomic E-state index is 5.32. The minimum atomic E-state index is -0.166. The van der Waals surface area contributed by atoms with Crippen molar-refractivity contribution in [3.63, 3.8) is 0 Å². The number of para-hydroxylation sites is 4. The molecular weight excluding hydrogens is 799 g/mol. The molecule has 11 aromatic rings. The summed E-state index contributed by atoms with van der Waals surface area (Å²) in [6.45, 7) is 9.41. The Bertz CT molecular complexity index is 3700. The lowest BCUT2D eigenvalue weighted by molar-refractivity contribution is 0.632. The first-order chi connectivity index (χ1) is 32.3. The number of hydrogen-bond donors (Lipinski definition) is 0. The van der Waals surface area contributed by atoms with Crippen LogP contribution in [0.2, 0.25) is 0 Å². The molecule has 3 heteroatoms. The average Bonchev–Trinajstić information content (AvgIpc) is 3.35. The summed E-state index contributed by atoms with van der Waals surface area (Å²) in [6.07, 6.45) is 1.98. The molecule has 0 spiro atoms. The maximum Gasteiger partial charge on any atom is 0.0792 e. The Morgan fingerprint density at radius 3 is 1.32 bits per heavy atom. The van der Waals surface area contributed by atoms with Crippen LogP contribution in [0, 0.1) is 0 Å². The van der Waals surface area contributed by atoms with Crippen molar-refractivity contribution in [1.82, 2.24) is 4.98 Å². The van der Waals surface area contributed by atoms with E-state index in [0.29, 0.717) is 0 Å². The molecule has 2 aliphatic heterocycles. The molecule has 13 rings (SSSR count). The number of hydrogen-bond acceptors (Lipinski definition) is 3. The van der Waals surface area contributed by atoms with Crippen molar-refractivity contribution >= 4 is 77.2 Å². The fraction of sp³-hybridized carbons (Fsp3) is 0.0952. The van der Waals surface area contributed by atoms with Crippen molar-refractivity contribution in [2.45, 2.75) is 38.5 Å². The highest BCUT2D eigenvalue weighted by Gasteiger charge is 2.38. The molecule has 0 bridgehead atoms. The molecule has 10 aromatic carbocycles. The van der Waals surface area contributed by atoms with Crippen molar-refractivity contribution in [3.05, 3.63) is 235 Å². The van der Waals surface area contributed by atoms with Gasteiger partial charge in [-0.25, -0.2) is 0 Å². The van der Waals surface area contributed by atoms with Gasteiger partial charge in [0, 0.05) is 39.4 Å². The molecule has 0 fully saturated rings. The van der Waals surface area contributed by atoms with Gasteiger partial charge in [-0.2, -0.15) is 0 Å². The van der Waals surface area contributed by atoms with Gasteiger partial charge < -0.3 is 9.80 Å². The number of fused-ring (bicyclic) bond motifs is 8. The second-order valence-corrected chi connectivity index (χ2v) is 19.1. The molecule has 0 N–H and O–H groups in total. The molecule has 0 saturated heterocycles. The standard InChI is InChI=1S/C63H47N3/c1-62(2)51-21-9-13-25-55(51)65(56-26-14-10-22-52(56)62)44-32-34-48-49(38-44)59(43-30-29-40-17-5-6-19-42(40)37-43)47-33-31-45(39-50(47)60(48)61-46-20-8-7-18-41(46)35-36-64-61)66-57-27-15-11-23-53(57)63(3,4)54-24-12-16-28-58(54)66/h5-39H,1-4H3. The third-order valence-electron chi connectivity index (χ3n) is 14.8. The maximum absolute atomic E-state index is 5.32. The van der Waals surface area contributed by atoms with Crippen LogP contribution >= 0.6 is 0 Å². The number of anilines is 6. The van der Waals surface area contributed by atoms with Crippen molar-refractivity contribution in [2.75, 3.05) is 9.80 Å². The summed E-state index contributed by atoms with van der Waals surface area (Å²) in [5.41, 5.74) is 16.5. The zero-order chi connectivity index (χ0) is 44.3. The lowest BCUT2D eigenvalue weighted by Crippen LogP contribution is -2.30. The first-order valence-electron chi connectivity index (χ1n) is 23.1. The molecule has 66 heavy (non-hydrogen) atoms. The van der Waals surface area contributed by atoms with Crippen LogP contribution in [0.4, 0.5) is 34.1 Å². The number of aromatic nitrogens is 1. The molecule has 3 nitrogen and oxygen atoms in total. The molecule has 3 heterocycles. The molecule has 0 atom stereocenters. The van der Waals surface area contributed by atoms with Gasteiger partial charge in [-0.05, 0) is 132 Å². The molecular formula is C63H47N3. The Hall–Kier alpha value is -8.01. The number of benzene rings is 10. The summed E-state index contributed by atoms with van der Waals surface area (Å²) in [7, 11) is 0. The van der Waals surface area contributed by atoms with Crippen LogP contribution in [0.25, 0.3) is 65.5 Å². The van der Waals surface area contributed by atoms with E-state index >= 15 is 0 Å². The minimum absolute atomic E-state index is 0.164. The van der Waals surface area contributed by atoms with Crippen LogP contribution in [0.1, 0.15) is 49.9 Å². The van der Waals surface area contributed by atoms with Crippen LogP contribution in [0.15, 0.2) is 212 Å². The van der Waals surface area contributed by atoms with Gasteiger partial charge in [0.1, 0.15) is 0 Å². The molecule has 0 amide bonds. The second-order valence-electron chi connectivity index (χ2n) is 19.1. The Morgan fingerprint density at radius 1 is 0.333 bits per heavy atom. The van der Waals surface area contributed by atoms with E-state index in [1.165, 1.54) is 83.1 Å². The van der Waals surface area contributed by atoms with E-state index in [1.54, 1.807) is 0 Å². The number of nitrogens with zero attached hydrogens (tertiary/aromatic N) is 3. The van der Waals surface area contributed by atoms with Gasteiger partial charge in [0.2, 0.25) is 0 Å². The summed E-state index contributed by atoms with van der Waals surface area (Å²) in [4.78, 5) is 10.3. The topological polar surface area (TPSA) is 19.4 Å². The van der Waals surface area contributed by atoms with E-state index in [0.717, 1.165) is 38.8 Å². The van der Waals surface area contributed by atoms with Gasteiger partial charge in [-0.15, -0.1) is 0 Å². The average molecular weight is 846 g/mol. The van der Waals surface area contributed by atoms with Gasteiger partial charge in [0.25, 0.3) is 0 Å². The largest absolute Gasteiger partial charge is 0.310 e. The van der Waals surface area contributed by atoms with E-state index in [9.17, 15) is 0 Å². The summed E-state index contributed by atoms with van der Waals surface area (Å²) >= 11 is 0. The Kier molecular flexibility index (Phi) is 8.30. The van der Waals surface area contributed by atoms with Crippen LogP contribution in [0.5, 0.6) is 0 Å². The first-order valence-corrected chi connectivity index (χ1v) is 23.1. The zero-order valence-corrected chi connectivity index (χ0v) is 37.5. The Balaban J connectivity index is 1.16. The summed E-state index contributed by atoms with van der Waals surface area (Å²) < 4.78 is 0. The lowest BCUT2D eigenvalue weighted by atomic mass is 9.73. The van der Waals surface area contributed by atoms with E-state index in [-0.39, 0.29) is 10.8 Å². The third-order valence-corrected chi connectivity index (χ3v) is 14.8. The van der Waals surface area contributed by atoms with Crippen molar-refractivity contribution < 1.29 is 0 Å². The van der Waals surface area contributed by atoms with E-state index in [2.05, 4.69) is 244 Å². The van der Waals surface area contributed by atoms with Crippen molar-refractivity contribution in [1.29, 1.82) is 0 Å². The number of pyridine rings is 1. The second kappa shape index (κ2) is 14.2. The molecule has 314 valence electrons. The molecule has 0 unspecified atom stereocenters. The normalized spacial score (nSPS) is 14.5. The first kappa shape index (κ1) is 38.4. The highest BCUT2D eigenvalue weighted by Crippen LogP contribution is 2.56. The van der Waals surface area contributed by atoms with Gasteiger partial charge in [-0.1, -0.05) is 173 Å². The zero-order valence-electron chi connectivity index (χ0n) is 37.5. The van der Waals surface area contributed by atoms with E-state index in [4.69, 9.17) is 4.98 Å². The Labute approximate surface area is 385 Å². The summed E-state index contributed by atoms with van der Waals surface area (Å²) in [5.74, 6) is 0. The van der Waals surface area contributed by atoms with Crippen LogP contribution in [0.3, 0.4) is 0 Å². The monoisotopic (exact) mass is 845 g/mol. The quantitative estimate of drug-likeness (QED) is 0.165. The molecule has 0 saturated carbocycles. The highest BCUT2D eigenvalue weighted by atomic mass is 15.2. The van der Waals surface area contributed by atoms with Gasteiger partial charge in [-0.3, -0.25) is 4.98 Å². The number of rotatable bonds is 4. The summed E-state index contributed by atoms with van der Waals surface area (Å²) in [5, 5.41) is 9.43. The lowest BCUT2D eigenvalue weighted by Gasteiger charge is -2.42. The SMILES string of the molecule is CC1(C)c2ccccc2N(c2ccc3c(-c4nccc5ccccc45)c4cc(N5c6ccccc6C(C)(C)c6ccccc65)ccc4c(-c4ccc5ccccc5c4)c3c2)c2ccccc21. The van der Waals surface area contributed by atoms with Gasteiger partial charge in [0.05, 0.1) is 28.4 Å². The van der Waals surface area contributed by atoms with Crippen LogP contribution < -0.4 is 9.80 Å². The minimum Gasteiger partial charge on any atom is -0.310 e.